The fourth-order valence-corrected chi connectivity index (χ4v) is 4.60. The lowest BCUT2D eigenvalue weighted by molar-refractivity contribution is -0.122. The third-order valence-electron chi connectivity index (χ3n) is 4.24. The van der Waals surface area contributed by atoms with Gasteiger partial charge in [0.05, 0.1) is 15.0 Å². The monoisotopic (exact) mass is 424 g/mol. The van der Waals surface area contributed by atoms with E-state index < -0.39 is 0 Å². The zero-order valence-electron chi connectivity index (χ0n) is 14.7. The number of aryl methyl sites for hydroxylation is 1. The second-order valence-corrected chi connectivity index (χ2v) is 8.58. The highest BCUT2D eigenvalue weighted by atomic mass is 35.5. The van der Waals surface area contributed by atoms with Crippen LogP contribution < -0.4 is 0 Å². The van der Waals surface area contributed by atoms with Gasteiger partial charge in [-0.3, -0.25) is 9.69 Å². The summed E-state index contributed by atoms with van der Waals surface area (Å²) in [5, 5.41) is 1.04. The van der Waals surface area contributed by atoms with Crippen LogP contribution in [0.2, 0.25) is 10.0 Å². The molecule has 0 saturated carbocycles. The molecule has 2 aromatic rings. The van der Waals surface area contributed by atoms with Gasteiger partial charge >= 0.3 is 0 Å². The fraction of sp³-hybridized carbons (Fsp3) is 0.263. The van der Waals surface area contributed by atoms with Gasteiger partial charge in [-0.1, -0.05) is 54.1 Å². The van der Waals surface area contributed by atoms with E-state index in [1.165, 1.54) is 11.8 Å². The van der Waals surface area contributed by atoms with Crippen molar-refractivity contribution >= 4 is 63.5 Å². The van der Waals surface area contributed by atoms with Gasteiger partial charge in [0.2, 0.25) is 0 Å². The van der Waals surface area contributed by atoms with Crippen molar-refractivity contribution in [2.24, 2.45) is 0 Å². The molecule has 3 nitrogen and oxygen atoms in total. The molecule has 0 bridgehead atoms. The van der Waals surface area contributed by atoms with Gasteiger partial charge in [0.15, 0.2) is 0 Å². The van der Waals surface area contributed by atoms with Crippen LogP contribution in [-0.2, 0) is 4.79 Å². The number of amides is 1. The lowest BCUT2D eigenvalue weighted by Crippen LogP contribution is -2.28. The van der Waals surface area contributed by atoms with Crippen molar-refractivity contribution in [1.29, 1.82) is 0 Å². The van der Waals surface area contributed by atoms with Crippen molar-refractivity contribution in [2.75, 3.05) is 6.54 Å². The van der Waals surface area contributed by atoms with Crippen LogP contribution in [0.5, 0.6) is 0 Å². The van der Waals surface area contributed by atoms with Crippen molar-refractivity contribution in [2.45, 2.75) is 27.2 Å². The van der Waals surface area contributed by atoms with Crippen LogP contribution in [0, 0.1) is 13.8 Å². The summed E-state index contributed by atoms with van der Waals surface area (Å²) in [6.07, 6.45) is 2.80. The van der Waals surface area contributed by atoms with Gasteiger partial charge < -0.3 is 4.57 Å². The summed E-state index contributed by atoms with van der Waals surface area (Å²) >= 11 is 18.9. The normalized spacial score (nSPS) is 16.2. The molecule has 1 aromatic heterocycles. The van der Waals surface area contributed by atoms with Gasteiger partial charge in [-0.2, -0.15) is 0 Å². The standard InChI is InChI=1S/C19H18Cl2N2OS2/c1-4-7-22-18(24)17(26-19(22)25)9-13-8-11(2)23(12(13)3)14-5-6-15(20)16(21)10-14/h5-6,8-10H,4,7H2,1-3H3/b17-9+. The molecule has 136 valence electrons. The number of hydrogen-bond acceptors (Lipinski definition) is 3. The Bertz CT molecular complexity index is 934. The van der Waals surface area contributed by atoms with E-state index in [1.54, 1.807) is 11.0 Å². The summed E-state index contributed by atoms with van der Waals surface area (Å²) in [5.74, 6) is -0.0128. The number of aromatic nitrogens is 1. The van der Waals surface area contributed by atoms with E-state index in [0.29, 0.717) is 25.8 Å². The molecule has 1 fully saturated rings. The van der Waals surface area contributed by atoms with Gasteiger partial charge in [0, 0.05) is 23.6 Å². The van der Waals surface area contributed by atoms with Crippen LogP contribution in [-0.4, -0.2) is 26.2 Å². The molecule has 1 aromatic carbocycles. The van der Waals surface area contributed by atoms with E-state index >= 15 is 0 Å². The third-order valence-corrected chi connectivity index (χ3v) is 6.36. The first-order valence-electron chi connectivity index (χ1n) is 8.23. The largest absolute Gasteiger partial charge is 0.318 e. The summed E-state index contributed by atoms with van der Waals surface area (Å²) in [7, 11) is 0. The number of thioether (sulfide) groups is 1. The molecule has 3 rings (SSSR count). The van der Waals surface area contributed by atoms with Crippen LogP contribution >= 0.6 is 47.2 Å². The molecule has 0 spiro atoms. The summed E-state index contributed by atoms with van der Waals surface area (Å²) in [5.41, 5.74) is 4.01. The number of carbonyl (C=O) groups is 1. The van der Waals surface area contributed by atoms with Crippen molar-refractivity contribution < 1.29 is 4.79 Å². The Balaban J connectivity index is 2.00. The minimum atomic E-state index is -0.0128. The van der Waals surface area contributed by atoms with E-state index in [-0.39, 0.29) is 5.91 Å². The summed E-state index contributed by atoms with van der Waals surface area (Å²) in [4.78, 5) is 14.9. The van der Waals surface area contributed by atoms with Crippen LogP contribution in [0.4, 0.5) is 0 Å². The highest BCUT2D eigenvalue weighted by Gasteiger charge is 2.31. The molecule has 0 N–H and O–H groups in total. The number of benzene rings is 1. The molecule has 2 heterocycles. The van der Waals surface area contributed by atoms with Crippen LogP contribution in [0.15, 0.2) is 29.2 Å². The molecule has 0 radical (unpaired) electrons. The van der Waals surface area contributed by atoms with E-state index in [4.69, 9.17) is 35.4 Å². The van der Waals surface area contributed by atoms with Crippen LogP contribution in [0.25, 0.3) is 11.8 Å². The molecule has 1 amide bonds. The summed E-state index contributed by atoms with van der Waals surface area (Å²) in [6, 6.07) is 7.62. The molecule has 0 aliphatic carbocycles. The molecule has 1 saturated heterocycles. The number of nitrogens with zero attached hydrogens (tertiary/aromatic N) is 2. The SMILES string of the molecule is CCCN1C(=O)/C(=C\c2cc(C)n(-c3ccc(Cl)c(Cl)c3)c2C)SC1=S. The molecule has 7 heteroatoms. The van der Waals surface area contributed by atoms with E-state index in [0.717, 1.165) is 29.1 Å². The molecule has 0 atom stereocenters. The van der Waals surface area contributed by atoms with Crippen LogP contribution in [0.1, 0.15) is 30.3 Å². The van der Waals surface area contributed by atoms with E-state index in [2.05, 4.69) is 10.6 Å². The first kappa shape index (κ1) is 19.5. The second kappa shape index (κ2) is 7.77. The van der Waals surface area contributed by atoms with Gasteiger partial charge in [0.25, 0.3) is 5.91 Å². The minimum absolute atomic E-state index is 0.0128. The Morgan fingerprint density at radius 1 is 1.19 bits per heavy atom. The Morgan fingerprint density at radius 3 is 2.58 bits per heavy atom. The third kappa shape index (κ3) is 3.58. The molecule has 26 heavy (non-hydrogen) atoms. The first-order valence-corrected chi connectivity index (χ1v) is 10.2. The average molecular weight is 425 g/mol. The highest BCUT2D eigenvalue weighted by molar-refractivity contribution is 8.26. The van der Waals surface area contributed by atoms with Crippen molar-refractivity contribution in [3.63, 3.8) is 0 Å². The minimum Gasteiger partial charge on any atom is -0.318 e. The Labute approximate surface area is 173 Å². The Kier molecular flexibility index (Phi) is 5.82. The summed E-state index contributed by atoms with van der Waals surface area (Å²) < 4.78 is 2.72. The molecular formula is C19H18Cl2N2OS2. The number of rotatable bonds is 4. The lowest BCUT2D eigenvalue weighted by atomic mass is 10.2. The maximum absolute atomic E-state index is 12.6. The number of thiocarbonyl (C=S) groups is 1. The predicted molar refractivity (Wildman–Crippen MR) is 115 cm³/mol. The summed E-state index contributed by atoms with van der Waals surface area (Å²) in [6.45, 7) is 6.74. The van der Waals surface area contributed by atoms with Crippen LogP contribution in [0.3, 0.4) is 0 Å². The van der Waals surface area contributed by atoms with E-state index in [1.807, 2.05) is 39.0 Å². The van der Waals surface area contributed by atoms with Gasteiger partial charge in [-0.05, 0) is 56.2 Å². The second-order valence-electron chi connectivity index (χ2n) is 6.09. The van der Waals surface area contributed by atoms with Crippen molar-refractivity contribution in [3.05, 3.63) is 56.2 Å². The van der Waals surface area contributed by atoms with Gasteiger partial charge in [-0.25, -0.2) is 0 Å². The molecule has 0 unspecified atom stereocenters. The fourth-order valence-electron chi connectivity index (χ4n) is 3.01. The first-order chi connectivity index (χ1) is 12.3. The predicted octanol–water partition coefficient (Wildman–Crippen LogP) is 6.01. The number of halogens is 2. The van der Waals surface area contributed by atoms with Gasteiger partial charge in [-0.15, -0.1) is 0 Å². The zero-order chi connectivity index (χ0) is 19.0. The topological polar surface area (TPSA) is 25.2 Å². The number of hydrogen-bond donors (Lipinski definition) is 0. The smallest absolute Gasteiger partial charge is 0.266 e. The Hall–Kier alpha value is -1.27. The quantitative estimate of drug-likeness (QED) is 0.443. The zero-order valence-corrected chi connectivity index (χ0v) is 17.8. The van der Waals surface area contributed by atoms with Gasteiger partial charge in [0.1, 0.15) is 4.32 Å². The lowest BCUT2D eigenvalue weighted by Gasteiger charge is -2.12. The molecular weight excluding hydrogens is 407 g/mol. The highest BCUT2D eigenvalue weighted by Crippen LogP contribution is 2.34. The van der Waals surface area contributed by atoms with E-state index in [9.17, 15) is 4.79 Å². The maximum Gasteiger partial charge on any atom is 0.266 e. The Morgan fingerprint density at radius 2 is 1.92 bits per heavy atom. The number of carbonyl (C=O) groups excluding carboxylic acids is 1. The average Bonchev–Trinajstić information content (AvgIpc) is 3.01. The molecule has 1 aliphatic rings. The van der Waals surface area contributed by atoms with Crippen molar-refractivity contribution in [1.82, 2.24) is 9.47 Å². The van der Waals surface area contributed by atoms with Crippen molar-refractivity contribution in [3.8, 4) is 5.69 Å². The molecule has 1 aliphatic heterocycles. The maximum atomic E-state index is 12.6.